The van der Waals surface area contributed by atoms with Crippen LogP contribution in [0.3, 0.4) is 0 Å². The maximum absolute atomic E-state index is 11.9. The lowest BCUT2D eigenvalue weighted by Gasteiger charge is -2.29. The summed E-state index contributed by atoms with van der Waals surface area (Å²) >= 11 is 0. The molecule has 1 atom stereocenters. The van der Waals surface area contributed by atoms with Crippen molar-refractivity contribution in [1.82, 2.24) is 10.2 Å². The van der Waals surface area contributed by atoms with Crippen molar-refractivity contribution in [2.45, 2.75) is 25.5 Å². The van der Waals surface area contributed by atoms with Gasteiger partial charge in [0.05, 0.1) is 0 Å². The third-order valence-electron chi connectivity index (χ3n) is 3.40. The number of urea groups is 1. The highest BCUT2D eigenvalue weighted by Crippen LogP contribution is 2.18. The number of hydrogen-bond donors (Lipinski definition) is 3. The van der Waals surface area contributed by atoms with Gasteiger partial charge in [0.15, 0.2) is 6.10 Å². The van der Waals surface area contributed by atoms with Crippen molar-refractivity contribution in [3.63, 3.8) is 0 Å². The molecule has 1 aliphatic rings. The predicted octanol–water partition coefficient (Wildman–Crippen LogP) is 0.590. The van der Waals surface area contributed by atoms with Crippen molar-refractivity contribution in [3.05, 3.63) is 35.4 Å². The lowest BCUT2D eigenvalue weighted by atomic mass is 10.0. The first-order chi connectivity index (χ1) is 9.58. The summed E-state index contributed by atoms with van der Waals surface area (Å²) in [6.45, 7) is 1.35. The molecule has 2 rings (SSSR count). The maximum Gasteiger partial charge on any atom is 0.332 e. The van der Waals surface area contributed by atoms with E-state index in [-0.39, 0.29) is 19.0 Å². The number of carboxylic acids is 1. The molecule has 108 valence electrons. The number of fused-ring (bicyclic) bond motifs is 1. The van der Waals surface area contributed by atoms with Gasteiger partial charge in [0, 0.05) is 26.1 Å². The van der Waals surface area contributed by atoms with Crippen molar-refractivity contribution < 1.29 is 19.8 Å². The van der Waals surface area contributed by atoms with Crippen LogP contribution < -0.4 is 5.32 Å². The Balaban J connectivity index is 1.81. The fourth-order valence-corrected chi connectivity index (χ4v) is 2.22. The molecule has 0 saturated carbocycles. The molecule has 1 heterocycles. The molecule has 1 aliphatic heterocycles. The lowest BCUT2D eigenvalue weighted by molar-refractivity contribution is -0.146. The third kappa shape index (κ3) is 3.48. The van der Waals surface area contributed by atoms with Crippen molar-refractivity contribution in [2.75, 3.05) is 13.1 Å². The van der Waals surface area contributed by atoms with Gasteiger partial charge >= 0.3 is 12.0 Å². The van der Waals surface area contributed by atoms with E-state index in [0.29, 0.717) is 13.1 Å². The number of carboxylic acid groups (broad SMARTS) is 1. The summed E-state index contributed by atoms with van der Waals surface area (Å²) in [6, 6.07) is 7.78. The Bertz CT molecular complexity index is 504. The zero-order valence-electron chi connectivity index (χ0n) is 11.1. The van der Waals surface area contributed by atoms with Crippen LogP contribution in [0.1, 0.15) is 17.5 Å². The molecule has 20 heavy (non-hydrogen) atoms. The summed E-state index contributed by atoms with van der Waals surface area (Å²) in [5, 5.41) is 20.3. The zero-order valence-corrected chi connectivity index (χ0v) is 11.1. The molecule has 0 aromatic heterocycles. The van der Waals surface area contributed by atoms with E-state index in [1.807, 2.05) is 18.2 Å². The number of rotatable bonds is 4. The predicted molar refractivity (Wildman–Crippen MR) is 72.2 cm³/mol. The van der Waals surface area contributed by atoms with E-state index in [4.69, 9.17) is 10.2 Å². The Morgan fingerprint density at radius 2 is 2.00 bits per heavy atom. The van der Waals surface area contributed by atoms with Crippen LogP contribution in [-0.2, 0) is 17.8 Å². The molecule has 1 aromatic carbocycles. The standard InChI is InChI=1S/C14H18N2O4/c17-12(13(18)19)5-7-15-14(20)16-8-6-10-3-1-2-4-11(10)9-16/h1-4,12,17H,5-9H2,(H,15,20)(H,18,19). The Labute approximate surface area is 117 Å². The van der Waals surface area contributed by atoms with Gasteiger partial charge < -0.3 is 20.4 Å². The molecule has 0 spiro atoms. The van der Waals surface area contributed by atoms with E-state index in [1.54, 1.807) is 4.90 Å². The van der Waals surface area contributed by atoms with E-state index in [0.717, 1.165) is 12.0 Å². The van der Waals surface area contributed by atoms with Crippen LogP contribution in [-0.4, -0.2) is 46.3 Å². The summed E-state index contributed by atoms with van der Waals surface area (Å²) < 4.78 is 0. The highest BCUT2D eigenvalue weighted by atomic mass is 16.4. The fraction of sp³-hybridized carbons (Fsp3) is 0.429. The SMILES string of the molecule is O=C(O)C(O)CCNC(=O)N1CCc2ccccc2C1. The van der Waals surface area contributed by atoms with Gasteiger partial charge in [-0.05, 0) is 17.5 Å². The van der Waals surface area contributed by atoms with Crippen molar-refractivity contribution >= 4 is 12.0 Å². The summed E-state index contributed by atoms with van der Waals surface area (Å²) in [6.07, 6.45) is -0.607. The number of nitrogens with zero attached hydrogens (tertiary/aromatic N) is 1. The molecular weight excluding hydrogens is 260 g/mol. The van der Waals surface area contributed by atoms with Gasteiger partial charge in [0.25, 0.3) is 0 Å². The molecule has 0 fully saturated rings. The van der Waals surface area contributed by atoms with Gasteiger partial charge in [-0.2, -0.15) is 0 Å². The molecule has 0 saturated heterocycles. The largest absolute Gasteiger partial charge is 0.479 e. The second-order valence-electron chi connectivity index (χ2n) is 4.81. The van der Waals surface area contributed by atoms with Crippen LogP contribution in [0.15, 0.2) is 24.3 Å². The number of nitrogens with one attached hydrogen (secondary N) is 1. The van der Waals surface area contributed by atoms with E-state index in [2.05, 4.69) is 11.4 Å². The van der Waals surface area contributed by atoms with Gasteiger partial charge in [-0.3, -0.25) is 0 Å². The fourth-order valence-electron chi connectivity index (χ4n) is 2.22. The number of hydrogen-bond acceptors (Lipinski definition) is 3. The van der Waals surface area contributed by atoms with Crippen LogP contribution in [0.4, 0.5) is 4.79 Å². The van der Waals surface area contributed by atoms with Crippen LogP contribution in [0, 0.1) is 0 Å². The Morgan fingerprint density at radius 1 is 1.30 bits per heavy atom. The molecule has 0 bridgehead atoms. The summed E-state index contributed by atoms with van der Waals surface area (Å²) in [4.78, 5) is 24.1. The highest BCUT2D eigenvalue weighted by Gasteiger charge is 2.20. The van der Waals surface area contributed by atoms with Gasteiger partial charge in [0.1, 0.15) is 0 Å². The molecule has 2 amide bonds. The zero-order chi connectivity index (χ0) is 14.5. The number of benzene rings is 1. The molecule has 1 aromatic rings. The quantitative estimate of drug-likeness (QED) is 0.752. The van der Waals surface area contributed by atoms with Gasteiger partial charge in [-0.1, -0.05) is 24.3 Å². The Morgan fingerprint density at radius 3 is 2.70 bits per heavy atom. The smallest absolute Gasteiger partial charge is 0.332 e. The van der Waals surface area contributed by atoms with Crippen LogP contribution in [0.2, 0.25) is 0 Å². The van der Waals surface area contributed by atoms with Crippen LogP contribution in [0.5, 0.6) is 0 Å². The molecule has 0 radical (unpaired) electrons. The Hall–Kier alpha value is -2.08. The normalized spacial score (nSPS) is 15.3. The van der Waals surface area contributed by atoms with Crippen molar-refractivity contribution in [1.29, 1.82) is 0 Å². The monoisotopic (exact) mass is 278 g/mol. The number of aliphatic hydroxyl groups excluding tert-OH is 1. The summed E-state index contributed by atoms with van der Waals surface area (Å²) in [7, 11) is 0. The Kier molecular flexibility index (Phi) is 4.57. The van der Waals surface area contributed by atoms with Crippen LogP contribution in [0.25, 0.3) is 0 Å². The molecular formula is C14H18N2O4. The number of amides is 2. The number of carbonyl (C=O) groups is 2. The molecule has 6 nitrogen and oxygen atoms in total. The van der Waals surface area contributed by atoms with Crippen LogP contribution >= 0.6 is 0 Å². The van der Waals surface area contributed by atoms with Gasteiger partial charge in [-0.15, -0.1) is 0 Å². The summed E-state index contributed by atoms with van der Waals surface area (Å²) in [5.41, 5.74) is 2.40. The van der Waals surface area contributed by atoms with E-state index in [9.17, 15) is 9.59 Å². The molecule has 6 heteroatoms. The van der Waals surface area contributed by atoms with E-state index < -0.39 is 12.1 Å². The minimum atomic E-state index is -1.43. The topological polar surface area (TPSA) is 89.9 Å². The first kappa shape index (κ1) is 14.3. The second kappa shape index (κ2) is 6.38. The minimum Gasteiger partial charge on any atom is -0.479 e. The number of carbonyl (C=O) groups excluding carboxylic acids is 1. The molecule has 0 aliphatic carbocycles. The van der Waals surface area contributed by atoms with Gasteiger partial charge in [0.2, 0.25) is 0 Å². The number of aliphatic hydroxyl groups is 1. The first-order valence-electron chi connectivity index (χ1n) is 6.58. The highest BCUT2D eigenvalue weighted by molar-refractivity contribution is 5.75. The summed E-state index contributed by atoms with van der Waals surface area (Å²) in [5.74, 6) is -1.27. The second-order valence-corrected chi connectivity index (χ2v) is 4.81. The van der Waals surface area contributed by atoms with Gasteiger partial charge in [-0.25, -0.2) is 9.59 Å². The first-order valence-corrected chi connectivity index (χ1v) is 6.58. The lowest BCUT2D eigenvalue weighted by Crippen LogP contribution is -2.43. The third-order valence-corrected chi connectivity index (χ3v) is 3.40. The minimum absolute atomic E-state index is 0.00546. The molecule has 1 unspecified atom stereocenters. The maximum atomic E-state index is 11.9. The van der Waals surface area contributed by atoms with E-state index in [1.165, 1.54) is 5.56 Å². The molecule has 3 N–H and O–H groups in total. The van der Waals surface area contributed by atoms with Crippen molar-refractivity contribution in [2.24, 2.45) is 0 Å². The average Bonchev–Trinajstić information content (AvgIpc) is 2.46. The van der Waals surface area contributed by atoms with Crippen molar-refractivity contribution in [3.8, 4) is 0 Å². The number of aliphatic carboxylic acids is 1. The van der Waals surface area contributed by atoms with E-state index >= 15 is 0 Å². The average molecular weight is 278 g/mol.